The number of piperazine rings is 1. The van der Waals surface area contributed by atoms with Crippen LogP contribution in [0.2, 0.25) is 0 Å². The van der Waals surface area contributed by atoms with Gasteiger partial charge in [0.25, 0.3) is 0 Å². The highest BCUT2D eigenvalue weighted by molar-refractivity contribution is 5.95. The zero-order chi connectivity index (χ0) is 19.3. The molecule has 0 saturated carbocycles. The van der Waals surface area contributed by atoms with E-state index >= 15 is 0 Å². The Morgan fingerprint density at radius 1 is 1.00 bits per heavy atom. The number of aromatic nitrogens is 2. The second-order valence-electron chi connectivity index (χ2n) is 6.98. The van der Waals surface area contributed by atoms with Crippen LogP contribution in [0.3, 0.4) is 0 Å². The number of benzene rings is 2. The third-order valence-electron chi connectivity index (χ3n) is 4.97. The van der Waals surface area contributed by atoms with Gasteiger partial charge in [0, 0.05) is 43.8 Å². The van der Waals surface area contributed by atoms with Gasteiger partial charge in [-0.2, -0.15) is 5.10 Å². The molecule has 6 heteroatoms. The highest BCUT2D eigenvalue weighted by Gasteiger charge is 2.25. The smallest absolute Gasteiger partial charge is 0.241 e. The highest BCUT2D eigenvalue weighted by atomic mass is 16.5. The van der Waals surface area contributed by atoms with E-state index in [4.69, 9.17) is 4.74 Å². The molecule has 2 aromatic carbocycles. The molecular formula is C22H24N4O2. The van der Waals surface area contributed by atoms with Gasteiger partial charge >= 0.3 is 0 Å². The van der Waals surface area contributed by atoms with E-state index in [0.29, 0.717) is 13.1 Å². The van der Waals surface area contributed by atoms with Crippen LogP contribution in [0.1, 0.15) is 11.1 Å². The first-order valence-corrected chi connectivity index (χ1v) is 9.43. The van der Waals surface area contributed by atoms with Gasteiger partial charge in [0.2, 0.25) is 5.91 Å². The number of hydrogen-bond donors (Lipinski definition) is 0. The highest BCUT2D eigenvalue weighted by Crippen LogP contribution is 2.23. The molecule has 28 heavy (non-hydrogen) atoms. The van der Waals surface area contributed by atoms with Crippen LogP contribution in [0.4, 0.5) is 5.69 Å². The fourth-order valence-electron chi connectivity index (χ4n) is 3.57. The summed E-state index contributed by atoms with van der Waals surface area (Å²) >= 11 is 0. The molecular weight excluding hydrogens is 352 g/mol. The molecule has 0 unspecified atom stereocenters. The lowest BCUT2D eigenvalue weighted by molar-refractivity contribution is -0.121. The normalized spacial score (nSPS) is 15.0. The summed E-state index contributed by atoms with van der Waals surface area (Å²) < 4.78 is 7.19. The van der Waals surface area contributed by atoms with Gasteiger partial charge in [-0.15, -0.1) is 0 Å². The molecule has 1 aliphatic heterocycles. The Hall–Kier alpha value is -3.12. The first kappa shape index (κ1) is 18.3. The molecule has 1 amide bonds. The van der Waals surface area contributed by atoms with Crippen LogP contribution in [-0.4, -0.2) is 47.3 Å². The molecule has 0 atom stereocenters. The molecule has 6 nitrogen and oxygen atoms in total. The van der Waals surface area contributed by atoms with Crippen molar-refractivity contribution in [1.29, 1.82) is 0 Å². The van der Waals surface area contributed by atoms with Gasteiger partial charge < -0.3 is 9.64 Å². The van der Waals surface area contributed by atoms with E-state index in [0.717, 1.165) is 31.1 Å². The van der Waals surface area contributed by atoms with Crippen LogP contribution in [0, 0.1) is 0 Å². The van der Waals surface area contributed by atoms with Crippen molar-refractivity contribution < 1.29 is 9.53 Å². The number of methoxy groups -OCH3 is 1. The Morgan fingerprint density at radius 2 is 1.82 bits per heavy atom. The van der Waals surface area contributed by atoms with Gasteiger partial charge in [0.05, 0.1) is 20.2 Å². The van der Waals surface area contributed by atoms with E-state index in [2.05, 4.69) is 34.3 Å². The van der Waals surface area contributed by atoms with Crippen molar-refractivity contribution in [2.75, 3.05) is 31.6 Å². The number of carbonyl (C=O) groups is 1. The van der Waals surface area contributed by atoms with Crippen molar-refractivity contribution in [1.82, 2.24) is 14.7 Å². The number of hydrogen-bond acceptors (Lipinski definition) is 4. The largest absolute Gasteiger partial charge is 0.497 e. The van der Waals surface area contributed by atoms with E-state index < -0.39 is 0 Å². The Bertz CT molecular complexity index is 939. The molecule has 0 spiro atoms. The molecule has 1 fully saturated rings. The second kappa shape index (κ2) is 8.27. The summed E-state index contributed by atoms with van der Waals surface area (Å²) in [5, 5.41) is 4.26. The van der Waals surface area contributed by atoms with Gasteiger partial charge in [-0.25, -0.2) is 0 Å². The van der Waals surface area contributed by atoms with E-state index in [9.17, 15) is 4.79 Å². The molecule has 0 N–H and O–H groups in total. The molecule has 1 aromatic heterocycles. The predicted octanol–water partition coefficient (Wildman–Crippen LogP) is 2.79. The standard InChI is InChI=1S/C22H24N4O2/c1-28-21-8-3-7-20(14-21)26-12-11-24(17-22(26)27)15-18-5-2-6-19(13-18)16-25-10-4-9-23-25/h2-10,13-14H,11-12,15-17H2,1H3. The Morgan fingerprint density at radius 3 is 2.57 bits per heavy atom. The van der Waals surface area contributed by atoms with Crippen molar-refractivity contribution >= 4 is 11.6 Å². The quantitative estimate of drug-likeness (QED) is 0.664. The lowest BCUT2D eigenvalue weighted by atomic mass is 10.1. The first-order valence-electron chi connectivity index (χ1n) is 9.43. The first-order chi connectivity index (χ1) is 13.7. The summed E-state index contributed by atoms with van der Waals surface area (Å²) in [4.78, 5) is 16.7. The summed E-state index contributed by atoms with van der Waals surface area (Å²) in [5.74, 6) is 0.883. The maximum atomic E-state index is 12.7. The molecule has 144 valence electrons. The van der Waals surface area contributed by atoms with Crippen LogP contribution in [0.5, 0.6) is 5.75 Å². The van der Waals surface area contributed by atoms with Crippen molar-refractivity contribution in [2.45, 2.75) is 13.1 Å². The topological polar surface area (TPSA) is 50.6 Å². The van der Waals surface area contributed by atoms with Gasteiger partial charge in [-0.05, 0) is 29.3 Å². The average Bonchev–Trinajstić information content (AvgIpc) is 3.21. The van der Waals surface area contributed by atoms with E-state index in [1.54, 1.807) is 13.3 Å². The minimum atomic E-state index is 0.118. The molecule has 1 saturated heterocycles. The summed E-state index contributed by atoms with van der Waals surface area (Å²) in [6.07, 6.45) is 3.75. The molecule has 1 aliphatic rings. The minimum absolute atomic E-state index is 0.118. The van der Waals surface area contributed by atoms with Crippen LogP contribution < -0.4 is 9.64 Å². The Kier molecular flexibility index (Phi) is 5.39. The van der Waals surface area contributed by atoms with Crippen LogP contribution in [0.25, 0.3) is 0 Å². The summed E-state index contributed by atoms with van der Waals surface area (Å²) in [7, 11) is 1.64. The van der Waals surface area contributed by atoms with Gasteiger partial charge in [-0.3, -0.25) is 14.4 Å². The summed E-state index contributed by atoms with van der Waals surface area (Å²) in [6, 6.07) is 18.1. The van der Waals surface area contributed by atoms with Crippen molar-refractivity contribution in [3.05, 3.63) is 78.1 Å². The monoisotopic (exact) mass is 376 g/mol. The third kappa shape index (κ3) is 4.23. The number of ether oxygens (including phenoxy) is 1. The van der Waals surface area contributed by atoms with Crippen molar-refractivity contribution in [3.8, 4) is 5.75 Å². The number of rotatable bonds is 6. The van der Waals surface area contributed by atoms with Gasteiger partial charge in [-0.1, -0.05) is 30.3 Å². The van der Waals surface area contributed by atoms with Crippen molar-refractivity contribution in [2.24, 2.45) is 0 Å². The van der Waals surface area contributed by atoms with Crippen LogP contribution in [0.15, 0.2) is 67.0 Å². The predicted molar refractivity (Wildman–Crippen MR) is 108 cm³/mol. The van der Waals surface area contributed by atoms with Gasteiger partial charge in [0.1, 0.15) is 5.75 Å². The van der Waals surface area contributed by atoms with E-state index in [-0.39, 0.29) is 5.91 Å². The molecule has 0 aliphatic carbocycles. The number of anilines is 1. The summed E-state index contributed by atoms with van der Waals surface area (Å²) in [6.45, 7) is 3.46. The number of amides is 1. The zero-order valence-electron chi connectivity index (χ0n) is 16.0. The fraction of sp³-hybridized carbons (Fsp3) is 0.273. The van der Waals surface area contributed by atoms with Crippen LogP contribution >= 0.6 is 0 Å². The number of carbonyl (C=O) groups excluding carboxylic acids is 1. The molecule has 4 rings (SSSR count). The molecule has 3 aromatic rings. The van der Waals surface area contributed by atoms with Crippen molar-refractivity contribution in [3.63, 3.8) is 0 Å². The van der Waals surface area contributed by atoms with Gasteiger partial charge in [0.15, 0.2) is 0 Å². The molecule has 2 heterocycles. The molecule has 0 bridgehead atoms. The zero-order valence-corrected chi connectivity index (χ0v) is 16.0. The lowest BCUT2D eigenvalue weighted by Gasteiger charge is -2.34. The molecule has 0 radical (unpaired) electrons. The third-order valence-corrected chi connectivity index (χ3v) is 4.97. The Balaban J connectivity index is 1.39. The maximum Gasteiger partial charge on any atom is 0.241 e. The fourth-order valence-corrected chi connectivity index (χ4v) is 3.57. The minimum Gasteiger partial charge on any atom is -0.497 e. The Labute approximate surface area is 164 Å². The maximum absolute atomic E-state index is 12.7. The van der Waals surface area contributed by atoms with Crippen LogP contribution in [-0.2, 0) is 17.9 Å². The number of nitrogens with zero attached hydrogens (tertiary/aromatic N) is 4. The van der Waals surface area contributed by atoms with E-state index in [1.807, 2.05) is 46.1 Å². The summed E-state index contributed by atoms with van der Waals surface area (Å²) in [5.41, 5.74) is 3.32. The second-order valence-corrected chi connectivity index (χ2v) is 6.98. The lowest BCUT2D eigenvalue weighted by Crippen LogP contribution is -2.50. The van der Waals surface area contributed by atoms with E-state index in [1.165, 1.54) is 11.1 Å². The average molecular weight is 376 g/mol. The SMILES string of the molecule is COc1cccc(N2CCN(Cc3cccc(Cn4cccn4)c3)CC2=O)c1.